The molecule has 0 spiro atoms. The Balaban J connectivity index is 0.00000456. The van der Waals surface area contributed by atoms with Crippen LogP contribution >= 0.6 is 12.4 Å². The molecular weight excluding hydrogens is 502 g/mol. The maximum Gasteiger partial charge on any atom is 0.322 e. The zero-order chi connectivity index (χ0) is 25.6. The van der Waals surface area contributed by atoms with Gasteiger partial charge in [-0.05, 0) is 59.4 Å². The van der Waals surface area contributed by atoms with Crippen LogP contribution < -0.4 is 14.8 Å². The molecule has 1 atom stereocenters. The van der Waals surface area contributed by atoms with Gasteiger partial charge in [-0.25, -0.2) is 18.1 Å². The van der Waals surface area contributed by atoms with Gasteiger partial charge in [0.05, 0.1) is 23.7 Å². The Morgan fingerprint density at radius 2 is 1.67 bits per heavy atom. The Morgan fingerprint density at radius 3 is 2.22 bits per heavy atom. The third-order valence-corrected chi connectivity index (χ3v) is 6.96. The molecule has 0 fully saturated rings. The molecule has 2 aromatic carbocycles. The van der Waals surface area contributed by atoms with E-state index in [1.54, 1.807) is 30.3 Å². The van der Waals surface area contributed by atoms with Crippen molar-refractivity contribution < 1.29 is 23.1 Å². The van der Waals surface area contributed by atoms with Crippen molar-refractivity contribution in [2.24, 2.45) is 0 Å². The van der Waals surface area contributed by atoms with E-state index in [0.29, 0.717) is 23.7 Å². The second-order valence-corrected chi connectivity index (χ2v) is 10.9. The minimum atomic E-state index is -3.88. The monoisotopic (exact) mass is 533 g/mol. The van der Waals surface area contributed by atoms with Gasteiger partial charge in [-0.3, -0.25) is 4.79 Å². The van der Waals surface area contributed by atoms with E-state index in [-0.39, 0.29) is 29.3 Å². The lowest BCUT2D eigenvalue weighted by molar-refractivity contribution is -0.134. The van der Waals surface area contributed by atoms with Crippen molar-refractivity contribution in [3.8, 4) is 5.75 Å². The number of carbonyl (C=O) groups is 1. The fourth-order valence-electron chi connectivity index (χ4n) is 3.50. The lowest BCUT2D eigenvalue weighted by atomic mass is 9.86. The van der Waals surface area contributed by atoms with Crippen molar-refractivity contribution in [1.82, 2.24) is 9.71 Å². The summed E-state index contributed by atoms with van der Waals surface area (Å²) in [5, 5.41) is 11.7. The van der Waals surface area contributed by atoms with Crippen molar-refractivity contribution in [3.63, 3.8) is 0 Å². The predicted octanol–water partition coefficient (Wildman–Crippen LogP) is 4.57. The molecule has 10 heteroatoms. The van der Waals surface area contributed by atoms with Gasteiger partial charge in [0, 0.05) is 0 Å². The van der Waals surface area contributed by atoms with Gasteiger partial charge < -0.3 is 15.2 Å². The molecule has 8 nitrogen and oxygen atoms in total. The van der Waals surface area contributed by atoms with E-state index in [0.717, 1.165) is 5.56 Å². The highest BCUT2D eigenvalue weighted by molar-refractivity contribution is 7.89. The fourth-order valence-corrected chi connectivity index (χ4v) is 4.71. The minimum Gasteiger partial charge on any atom is -0.497 e. The van der Waals surface area contributed by atoms with E-state index in [4.69, 9.17) is 9.84 Å². The molecular formula is C26H32ClN3O5S. The molecule has 1 unspecified atom stereocenters. The highest BCUT2D eigenvalue weighted by atomic mass is 35.5. The summed E-state index contributed by atoms with van der Waals surface area (Å²) in [6.07, 6.45) is 0.356. The van der Waals surface area contributed by atoms with Crippen LogP contribution in [0, 0.1) is 0 Å². The molecule has 194 valence electrons. The number of ether oxygens (including phenoxy) is 1. The number of benzene rings is 2. The van der Waals surface area contributed by atoms with Crippen LogP contribution in [0.1, 0.15) is 43.6 Å². The number of carboxylic acid groups (broad SMARTS) is 1. The zero-order valence-electron chi connectivity index (χ0n) is 20.7. The molecule has 0 radical (unpaired) electrons. The summed E-state index contributed by atoms with van der Waals surface area (Å²) in [7, 11) is -2.37. The number of carboxylic acids is 1. The Bertz CT molecular complexity index is 1260. The Kier molecular flexibility index (Phi) is 9.86. The number of aromatic nitrogens is 1. The van der Waals surface area contributed by atoms with E-state index in [1.165, 1.54) is 24.8 Å². The van der Waals surface area contributed by atoms with Crippen molar-refractivity contribution in [2.75, 3.05) is 19.0 Å². The Labute approximate surface area is 218 Å². The summed E-state index contributed by atoms with van der Waals surface area (Å²) in [5.74, 6) is -0.118. The summed E-state index contributed by atoms with van der Waals surface area (Å²) in [6, 6.07) is 18.6. The van der Waals surface area contributed by atoms with Crippen LogP contribution in [0.3, 0.4) is 0 Å². The van der Waals surface area contributed by atoms with Gasteiger partial charge in [0.15, 0.2) is 0 Å². The van der Waals surface area contributed by atoms with Crippen LogP contribution in [0.15, 0.2) is 71.6 Å². The number of rotatable bonds is 10. The fraction of sp³-hybridized carbons (Fsp3) is 0.308. The topological polar surface area (TPSA) is 118 Å². The standard InChI is InChI=1S/C26H31N3O5S.ClH/c1-26(2,3)19-10-8-18(9-11-19)16-23(22-6-5-7-24(28-22)27-17-25(30)31)29-35(32,33)21-14-12-20(34-4)13-15-21;/h5-15,23,29H,16-17H2,1-4H3,(H,27,28)(H,30,31);1H. The molecule has 0 saturated carbocycles. The molecule has 1 aromatic heterocycles. The second-order valence-electron chi connectivity index (χ2n) is 9.20. The number of sulfonamides is 1. The number of nitrogens with one attached hydrogen (secondary N) is 2. The van der Waals surface area contributed by atoms with Crippen LogP contribution in [-0.2, 0) is 26.7 Å². The van der Waals surface area contributed by atoms with Gasteiger partial charge in [-0.15, -0.1) is 12.4 Å². The van der Waals surface area contributed by atoms with Crippen molar-refractivity contribution in [2.45, 2.75) is 43.5 Å². The van der Waals surface area contributed by atoms with Crippen LogP contribution in [0.25, 0.3) is 0 Å². The zero-order valence-corrected chi connectivity index (χ0v) is 22.3. The summed E-state index contributed by atoms with van der Waals surface area (Å²) in [6.45, 7) is 6.10. The molecule has 0 aliphatic rings. The summed E-state index contributed by atoms with van der Waals surface area (Å²) in [4.78, 5) is 15.5. The maximum atomic E-state index is 13.2. The van der Waals surface area contributed by atoms with Gasteiger partial charge in [-0.2, -0.15) is 0 Å². The van der Waals surface area contributed by atoms with E-state index >= 15 is 0 Å². The minimum absolute atomic E-state index is 0. The molecule has 1 heterocycles. The summed E-state index contributed by atoms with van der Waals surface area (Å²) < 4.78 is 34.3. The lowest BCUT2D eigenvalue weighted by Crippen LogP contribution is -2.31. The van der Waals surface area contributed by atoms with Gasteiger partial charge >= 0.3 is 5.97 Å². The first-order valence-electron chi connectivity index (χ1n) is 11.2. The number of hydrogen-bond acceptors (Lipinski definition) is 6. The first-order chi connectivity index (χ1) is 16.5. The van der Waals surface area contributed by atoms with Gasteiger partial charge in [0.2, 0.25) is 10.0 Å². The number of methoxy groups -OCH3 is 1. The molecule has 36 heavy (non-hydrogen) atoms. The molecule has 3 aromatic rings. The van der Waals surface area contributed by atoms with E-state index in [1.807, 2.05) is 24.3 Å². The van der Waals surface area contributed by atoms with E-state index in [9.17, 15) is 13.2 Å². The smallest absolute Gasteiger partial charge is 0.322 e. The van der Waals surface area contributed by atoms with E-state index in [2.05, 4.69) is 35.8 Å². The molecule has 0 aliphatic heterocycles. The first-order valence-corrected chi connectivity index (χ1v) is 12.6. The van der Waals surface area contributed by atoms with Crippen molar-refractivity contribution >= 4 is 34.2 Å². The number of aliphatic carboxylic acids is 1. The highest BCUT2D eigenvalue weighted by Gasteiger charge is 2.24. The Morgan fingerprint density at radius 1 is 1.03 bits per heavy atom. The number of pyridine rings is 1. The molecule has 0 bridgehead atoms. The van der Waals surface area contributed by atoms with Gasteiger partial charge in [0.1, 0.15) is 18.1 Å². The van der Waals surface area contributed by atoms with Crippen LogP contribution in [0.2, 0.25) is 0 Å². The van der Waals surface area contributed by atoms with Crippen molar-refractivity contribution in [1.29, 1.82) is 0 Å². The van der Waals surface area contributed by atoms with Crippen LogP contribution in [-0.4, -0.2) is 38.1 Å². The number of halogens is 1. The highest BCUT2D eigenvalue weighted by Crippen LogP contribution is 2.26. The SMILES string of the molecule is COc1ccc(S(=O)(=O)NC(Cc2ccc(C(C)(C)C)cc2)c2cccc(NCC(=O)O)n2)cc1.Cl. The number of anilines is 1. The van der Waals surface area contributed by atoms with Crippen LogP contribution in [0.5, 0.6) is 5.75 Å². The number of hydrogen-bond donors (Lipinski definition) is 3. The second kappa shape index (κ2) is 12.2. The molecule has 0 aliphatic carbocycles. The first kappa shape index (κ1) is 29.1. The van der Waals surface area contributed by atoms with Gasteiger partial charge in [-0.1, -0.05) is 51.1 Å². The van der Waals surface area contributed by atoms with Crippen molar-refractivity contribution in [3.05, 3.63) is 83.6 Å². The van der Waals surface area contributed by atoms with Gasteiger partial charge in [0.25, 0.3) is 0 Å². The average molecular weight is 534 g/mol. The van der Waals surface area contributed by atoms with Crippen LogP contribution in [0.4, 0.5) is 5.82 Å². The molecule has 0 amide bonds. The number of nitrogens with zero attached hydrogens (tertiary/aromatic N) is 1. The molecule has 3 rings (SSSR count). The summed E-state index contributed by atoms with van der Waals surface area (Å²) >= 11 is 0. The Hall–Kier alpha value is -3.14. The average Bonchev–Trinajstić information content (AvgIpc) is 2.82. The summed E-state index contributed by atoms with van der Waals surface area (Å²) in [5.41, 5.74) is 2.58. The lowest BCUT2D eigenvalue weighted by Gasteiger charge is -2.21. The molecule has 3 N–H and O–H groups in total. The largest absolute Gasteiger partial charge is 0.497 e. The van der Waals surface area contributed by atoms with E-state index < -0.39 is 22.0 Å². The third kappa shape index (κ3) is 7.94. The quantitative estimate of drug-likeness (QED) is 0.349. The predicted molar refractivity (Wildman–Crippen MR) is 143 cm³/mol. The normalized spacial score (nSPS) is 12.3. The maximum absolute atomic E-state index is 13.2. The molecule has 0 saturated heterocycles. The third-order valence-electron chi connectivity index (χ3n) is 5.48.